The summed E-state index contributed by atoms with van der Waals surface area (Å²) in [6, 6.07) is 19.3. The van der Waals surface area contributed by atoms with E-state index in [9.17, 15) is 9.59 Å². The molecular weight excluding hydrogens is 541 g/mol. The Kier molecular flexibility index (Phi) is 9.26. The van der Waals surface area contributed by atoms with Crippen LogP contribution >= 0.6 is 35.4 Å². The molecule has 0 bridgehead atoms. The monoisotopic (exact) mass is 569 g/mol. The second-order valence-corrected chi connectivity index (χ2v) is 10.3. The first-order valence-corrected chi connectivity index (χ1v) is 13.6. The van der Waals surface area contributed by atoms with Crippen molar-refractivity contribution in [2.45, 2.75) is 39.2 Å². The largest absolute Gasteiger partial charge is 0.494 e. The number of nitrogens with zero attached hydrogens (tertiary/aromatic N) is 2. The number of aryl methyl sites for hydroxylation is 1. The Hall–Kier alpha value is -3.13. The maximum Gasteiger partial charge on any atom is 0.256 e. The third kappa shape index (κ3) is 6.65. The average Bonchev–Trinajstić information content (AvgIpc) is 3.12. The fourth-order valence-corrected chi connectivity index (χ4v) is 5.14. The van der Waals surface area contributed by atoms with Crippen LogP contribution in [-0.2, 0) is 16.0 Å². The normalized spacial score (nSPS) is 15.2. The average molecular weight is 571 g/mol. The first-order valence-electron chi connectivity index (χ1n) is 12.4. The number of hydrogen-bond acceptors (Lipinski definition) is 4. The summed E-state index contributed by atoms with van der Waals surface area (Å²) >= 11 is 18.2. The maximum atomic E-state index is 13.6. The second kappa shape index (κ2) is 12.6. The van der Waals surface area contributed by atoms with E-state index in [1.54, 1.807) is 24.3 Å². The van der Waals surface area contributed by atoms with Gasteiger partial charge in [-0.1, -0.05) is 53.9 Å². The number of anilines is 2. The molecule has 1 N–H and O–H groups in total. The van der Waals surface area contributed by atoms with Crippen LogP contribution in [0.1, 0.15) is 30.9 Å². The number of nitrogens with one attached hydrogen (secondary N) is 1. The summed E-state index contributed by atoms with van der Waals surface area (Å²) in [4.78, 5) is 30.0. The molecular formula is C29H29Cl2N3O3S. The molecule has 6 nitrogen and oxygen atoms in total. The standard InChI is InChI=1S/C29H29Cl2N3O3S/c1-3-16-37-24-12-8-22(9-13-24)32-27(35)18-26-28(36)34(23-10-4-19(2)5-11-23)29(38)33(26)15-14-20-6-7-21(30)17-25(20)31/h4-13,17,26H,3,14-16,18H2,1-2H3,(H,32,35). The van der Waals surface area contributed by atoms with Crippen LogP contribution in [0.4, 0.5) is 11.4 Å². The Morgan fingerprint density at radius 2 is 1.76 bits per heavy atom. The number of carbonyl (C=O) groups is 2. The van der Waals surface area contributed by atoms with E-state index in [1.807, 2.05) is 61.2 Å². The Balaban J connectivity index is 1.52. The van der Waals surface area contributed by atoms with Crippen molar-refractivity contribution in [1.82, 2.24) is 4.90 Å². The molecule has 1 atom stereocenters. The maximum absolute atomic E-state index is 13.6. The lowest BCUT2D eigenvalue weighted by Gasteiger charge is -2.24. The van der Waals surface area contributed by atoms with Crippen molar-refractivity contribution in [3.63, 3.8) is 0 Å². The van der Waals surface area contributed by atoms with Gasteiger partial charge in [0.15, 0.2) is 5.11 Å². The van der Waals surface area contributed by atoms with Crippen LogP contribution < -0.4 is 15.0 Å². The van der Waals surface area contributed by atoms with Crippen molar-refractivity contribution >= 4 is 63.7 Å². The first-order chi connectivity index (χ1) is 18.3. The van der Waals surface area contributed by atoms with Crippen LogP contribution in [0.2, 0.25) is 10.0 Å². The minimum absolute atomic E-state index is 0.0518. The van der Waals surface area contributed by atoms with Gasteiger partial charge in [-0.3, -0.25) is 14.5 Å². The number of amides is 2. The van der Waals surface area contributed by atoms with Crippen molar-refractivity contribution in [3.8, 4) is 5.75 Å². The molecule has 0 aliphatic carbocycles. The van der Waals surface area contributed by atoms with Crippen LogP contribution in [0.15, 0.2) is 66.7 Å². The van der Waals surface area contributed by atoms with Gasteiger partial charge in [-0.15, -0.1) is 0 Å². The molecule has 1 unspecified atom stereocenters. The Labute approximate surface area is 238 Å². The summed E-state index contributed by atoms with van der Waals surface area (Å²) in [5, 5.41) is 4.35. The number of carbonyl (C=O) groups excluding carboxylic acids is 2. The molecule has 1 aliphatic heterocycles. The SMILES string of the molecule is CCCOc1ccc(NC(=O)CC2C(=O)N(c3ccc(C)cc3)C(=S)N2CCc2ccc(Cl)cc2Cl)cc1. The van der Waals surface area contributed by atoms with Crippen LogP contribution in [0.3, 0.4) is 0 Å². The highest BCUT2D eigenvalue weighted by molar-refractivity contribution is 7.80. The van der Waals surface area contributed by atoms with Crippen LogP contribution in [0, 0.1) is 6.92 Å². The van der Waals surface area contributed by atoms with Crippen LogP contribution in [-0.4, -0.2) is 41.0 Å². The molecule has 0 spiro atoms. The van der Waals surface area contributed by atoms with E-state index in [0.717, 1.165) is 23.3 Å². The van der Waals surface area contributed by atoms with Crippen molar-refractivity contribution < 1.29 is 14.3 Å². The van der Waals surface area contributed by atoms with Crippen molar-refractivity contribution in [2.24, 2.45) is 0 Å². The number of hydrogen-bond donors (Lipinski definition) is 1. The molecule has 1 heterocycles. The van der Waals surface area contributed by atoms with E-state index < -0.39 is 6.04 Å². The van der Waals surface area contributed by atoms with Crippen molar-refractivity contribution in [1.29, 1.82) is 0 Å². The highest BCUT2D eigenvalue weighted by Gasteiger charge is 2.43. The molecule has 2 amide bonds. The van der Waals surface area contributed by atoms with E-state index in [4.69, 9.17) is 40.2 Å². The van der Waals surface area contributed by atoms with Crippen LogP contribution in [0.5, 0.6) is 5.75 Å². The molecule has 0 radical (unpaired) electrons. The number of ether oxygens (including phenoxy) is 1. The van der Waals surface area contributed by atoms with Gasteiger partial charge in [-0.25, -0.2) is 0 Å². The highest BCUT2D eigenvalue weighted by atomic mass is 35.5. The number of rotatable bonds is 10. The van der Waals surface area contributed by atoms with Gasteiger partial charge in [0, 0.05) is 22.3 Å². The lowest BCUT2D eigenvalue weighted by Crippen LogP contribution is -2.39. The highest BCUT2D eigenvalue weighted by Crippen LogP contribution is 2.29. The molecule has 9 heteroatoms. The van der Waals surface area contributed by atoms with Crippen molar-refractivity contribution in [2.75, 3.05) is 23.4 Å². The molecule has 1 saturated heterocycles. The van der Waals surface area contributed by atoms with E-state index in [1.165, 1.54) is 4.90 Å². The fraction of sp³-hybridized carbons (Fsp3) is 0.276. The number of benzene rings is 3. The lowest BCUT2D eigenvalue weighted by atomic mass is 10.1. The fourth-order valence-electron chi connectivity index (χ4n) is 4.23. The molecule has 3 aromatic carbocycles. The minimum atomic E-state index is -0.748. The molecule has 0 aromatic heterocycles. The number of thiocarbonyl (C=S) groups is 1. The van der Waals surface area contributed by atoms with Gasteiger partial charge in [0.1, 0.15) is 11.8 Å². The van der Waals surface area contributed by atoms with Gasteiger partial charge < -0.3 is 15.0 Å². The van der Waals surface area contributed by atoms with Gasteiger partial charge in [0.05, 0.1) is 18.7 Å². The quantitative estimate of drug-likeness (QED) is 0.276. The molecule has 1 aliphatic rings. The zero-order chi connectivity index (χ0) is 27.2. The minimum Gasteiger partial charge on any atom is -0.494 e. The summed E-state index contributed by atoms with van der Waals surface area (Å²) in [5.74, 6) is 0.218. The summed E-state index contributed by atoms with van der Waals surface area (Å²) < 4.78 is 5.60. The predicted molar refractivity (Wildman–Crippen MR) is 157 cm³/mol. The summed E-state index contributed by atoms with van der Waals surface area (Å²) in [7, 11) is 0. The summed E-state index contributed by atoms with van der Waals surface area (Å²) in [5.41, 5.74) is 3.25. The molecule has 0 saturated carbocycles. The van der Waals surface area contributed by atoms with Gasteiger partial charge in [-0.05, 0) is 86.1 Å². The molecule has 198 valence electrons. The smallest absolute Gasteiger partial charge is 0.256 e. The van der Waals surface area contributed by atoms with E-state index >= 15 is 0 Å². The van der Waals surface area contributed by atoms with E-state index in [2.05, 4.69) is 5.32 Å². The second-order valence-electron chi connectivity index (χ2n) is 9.11. The van der Waals surface area contributed by atoms with Gasteiger partial charge in [0.2, 0.25) is 5.91 Å². The number of halogens is 2. The zero-order valence-corrected chi connectivity index (χ0v) is 23.6. The lowest BCUT2D eigenvalue weighted by molar-refractivity contribution is -0.124. The van der Waals surface area contributed by atoms with Gasteiger partial charge in [-0.2, -0.15) is 0 Å². The zero-order valence-electron chi connectivity index (χ0n) is 21.2. The van der Waals surface area contributed by atoms with Crippen molar-refractivity contribution in [3.05, 3.63) is 87.9 Å². The molecule has 4 rings (SSSR count). The van der Waals surface area contributed by atoms with E-state index in [0.29, 0.717) is 46.1 Å². The van der Waals surface area contributed by atoms with Gasteiger partial charge in [0.25, 0.3) is 5.91 Å². The first kappa shape index (κ1) is 27.9. The third-order valence-corrected chi connectivity index (χ3v) is 7.24. The summed E-state index contributed by atoms with van der Waals surface area (Å²) in [6.07, 6.45) is 1.39. The van der Waals surface area contributed by atoms with Gasteiger partial charge >= 0.3 is 0 Å². The summed E-state index contributed by atoms with van der Waals surface area (Å²) in [6.45, 7) is 5.06. The third-order valence-electron chi connectivity index (χ3n) is 6.24. The Morgan fingerprint density at radius 1 is 1.05 bits per heavy atom. The predicted octanol–water partition coefficient (Wildman–Crippen LogP) is 6.66. The molecule has 3 aromatic rings. The topological polar surface area (TPSA) is 61.9 Å². The molecule has 1 fully saturated rings. The van der Waals surface area contributed by atoms with Crippen LogP contribution in [0.25, 0.3) is 0 Å². The Bertz CT molecular complexity index is 1320. The van der Waals surface area contributed by atoms with E-state index in [-0.39, 0.29) is 18.2 Å². The Morgan fingerprint density at radius 3 is 2.42 bits per heavy atom. The molecule has 38 heavy (non-hydrogen) atoms.